The average molecular weight is 178 g/mol. The number of phosphoric acid groups is 1. The molecule has 5 heteroatoms. The molecule has 1 aliphatic heterocycles. The lowest BCUT2D eigenvalue weighted by molar-refractivity contribution is -0.125. The molecule has 0 atom stereocenters. The SMILES string of the molecule is C=CCOP1(=O)OC(CC)O1. The lowest BCUT2D eigenvalue weighted by Gasteiger charge is -2.32. The zero-order chi connectivity index (χ0) is 8.32. The lowest BCUT2D eigenvalue weighted by Crippen LogP contribution is -2.25. The molecular formula is C6H11O4P. The summed E-state index contributed by atoms with van der Waals surface area (Å²) in [6.45, 7) is 5.47. The van der Waals surface area contributed by atoms with Gasteiger partial charge in [-0.2, -0.15) is 0 Å². The molecule has 0 amide bonds. The third-order valence-electron chi connectivity index (χ3n) is 1.18. The summed E-state index contributed by atoms with van der Waals surface area (Å²) in [4.78, 5) is 0. The van der Waals surface area contributed by atoms with Gasteiger partial charge in [-0.3, -0.25) is 13.6 Å². The topological polar surface area (TPSA) is 44.8 Å². The highest BCUT2D eigenvalue weighted by molar-refractivity contribution is 7.49. The molecule has 0 saturated carbocycles. The third-order valence-corrected chi connectivity index (χ3v) is 2.63. The first-order valence-electron chi connectivity index (χ1n) is 3.42. The van der Waals surface area contributed by atoms with Crippen molar-refractivity contribution in [1.29, 1.82) is 0 Å². The van der Waals surface area contributed by atoms with E-state index in [-0.39, 0.29) is 12.9 Å². The molecule has 0 spiro atoms. The van der Waals surface area contributed by atoms with E-state index >= 15 is 0 Å². The highest BCUT2D eigenvalue weighted by atomic mass is 31.2. The molecule has 1 rings (SSSR count). The minimum absolute atomic E-state index is 0.188. The smallest absolute Gasteiger partial charge is 0.283 e. The Morgan fingerprint density at radius 1 is 1.73 bits per heavy atom. The summed E-state index contributed by atoms with van der Waals surface area (Å²) in [6.07, 6.45) is 1.82. The van der Waals surface area contributed by atoms with Gasteiger partial charge in [0.25, 0.3) is 0 Å². The molecule has 0 radical (unpaired) electrons. The Hall–Kier alpha value is -0.150. The van der Waals surface area contributed by atoms with Crippen LogP contribution < -0.4 is 0 Å². The Morgan fingerprint density at radius 2 is 2.36 bits per heavy atom. The predicted molar refractivity (Wildman–Crippen MR) is 40.0 cm³/mol. The van der Waals surface area contributed by atoms with E-state index < -0.39 is 7.82 Å². The Morgan fingerprint density at radius 3 is 2.82 bits per heavy atom. The lowest BCUT2D eigenvalue weighted by atomic mass is 10.5. The van der Waals surface area contributed by atoms with E-state index in [2.05, 4.69) is 6.58 Å². The highest BCUT2D eigenvalue weighted by Crippen LogP contribution is 2.60. The van der Waals surface area contributed by atoms with E-state index in [9.17, 15) is 4.57 Å². The maximum absolute atomic E-state index is 11.1. The van der Waals surface area contributed by atoms with Crippen LogP contribution in [-0.2, 0) is 18.1 Å². The molecule has 4 nitrogen and oxygen atoms in total. The first kappa shape index (κ1) is 8.94. The predicted octanol–water partition coefficient (Wildman–Crippen LogP) is 2.08. The fourth-order valence-corrected chi connectivity index (χ4v) is 1.95. The van der Waals surface area contributed by atoms with Crippen LogP contribution >= 0.6 is 7.82 Å². The second-order valence-corrected chi connectivity index (χ2v) is 3.65. The van der Waals surface area contributed by atoms with E-state index in [4.69, 9.17) is 13.6 Å². The Balaban J connectivity index is 2.25. The molecule has 0 bridgehead atoms. The summed E-state index contributed by atoms with van der Waals surface area (Å²) in [7, 11) is -3.15. The minimum atomic E-state index is -3.15. The molecule has 1 aliphatic rings. The van der Waals surface area contributed by atoms with Crippen LogP contribution in [0.1, 0.15) is 13.3 Å². The van der Waals surface area contributed by atoms with Gasteiger partial charge in [-0.05, 0) is 6.42 Å². The van der Waals surface area contributed by atoms with Crippen LogP contribution in [0.3, 0.4) is 0 Å². The number of hydrogen-bond acceptors (Lipinski definition) is 4. The van der Waals surface area contributed by atoms with Gasteiger partial charge in [-0.15, -0.1) is 6.58 Å². The zero-order valence-electron chi connectivity index (χ0n) is 6.36. The zero-order valence-corrected chi connectivity index (χ0v) is 7.25. The maximum atomic E-state index is 11.1. The van der Waals surface area contributed by atoms with Gasteiger partial charge >= 0.3 is 7.82 Å². The molecule has 1 saturated heterocycles. The summed E-state index contributed by atoms with van der Waals surface area (Å²) in [5.41, 5.74) is 0. The summed E-state index contributed by atoms with van der Waals surface area (Å²) >= 11 is 0. The van der Waals surface area contributed by atoms with Crippen LogP contribution in [0, 0.1) is 0 Å². The van der Waals surface area contributed by atoms with Gasteiger partial charge in [-0.25, -0.2) is 4.57 Å². The first-order chi connectivity index (χ1) is 5.20. The first-order valence-corrected chi connectivity index (χ1v) is 4.88. The molecular weight excluding hydrogens is 167 g/mol. The molecule has 0 unspecified atom stereocenters. The van der Waals surface area contributed by atoms with Crippen LogP contribution in [0.15, 0.2) is 12.7 Å². The quantitative estimate of drug-likeness (QED) is 0.488. The summed E-state index contributed by atoms with van der Waals surface area (Å²) in [5, 5.41) is 0. The summed E-state index contributed by atoms with van der Waals surface area (Å²) < 4.78 is 25.5. The monoisotopic (exact) mass is 178 g/mol. The van der Waals surface area contributed by atoms with Crippen molar-refractivity contribution in [2.75, 3.05) is 6.61 Å². The maximum Gasteiger partial charge on any atom is 0.479 e. The second kappa shape index (κ2) is 3.50. The van der Waals surface area contributed by atoms with E-state index in [1.165, 1.54) is 6.08 Å². The van der Waals surface area contributed by atoms with Crippen molar-refractivity contribution < 1.29 is 18.1 Å². The van der Waals surface area contributed by atoms with Crippen LogP contribution in [0.25, 0.3) is 0 Å². The van der Waals surface area contributed by atoms with Gasteiger partial charge in [0.1, 0.15) is 0 Å². The number of hydrogen-bond donors (Lipinski definition) is 0. The Kier molecular flexibility index (Phi) is 2.84. The van der Waals surface area contributed by atoms with E-state index in [1.54, 1.807) is 0 Å². The molecule has 11 heavy (non-hydrogen) atoms. The second-order valence-electron chi connectivity index (χ2n) is 2.08. The molecule has 64 valence electrons. The fraction of sp³-hybridized carbons (Fsp3) is 0.667. The van der Waals surface area contributed by atoms with E-state index in [1.807, 2.05) is 6.92 Å². The van der Waals surface area contributed by atoms with Gasteiger partial charge in [-0.1, -0.05) is 13.0 Å². The highest BCUT2D eigenvalue weighted by Gasteiger charge is 2.43. The van der Waals surface area contributed by atoms with Crippen LogP contribution in [0.4, 0.5) is 0 Å². The van der Waals surface area contributed by atoms with E-state index in [0.717, 1.165) is 0 Å². The molecule has 0 N–H and O–H groups in total. The molecule has 0 aliphatic carbocycles. The van der Waals surface area contributed by atoms with Gasteiger partial charge < -0.3 is 0 Å². The van der Waals surface area contributed by atoms with Gasteiger partial charge in [0, 0.05) is 0 Å². The largest absolute Gasteiger partial charge is 0.479 e. The fourth-order valence-electron chi connectivity index (χ4n) is 0.650. The normalized spacial score (nSPS) is 36.3. The van der Waals surface area contributed by atoms with Crippen molar-refractivity contribution in [2.24, 2.45) is 0 Å². The van der Waals surface area contributed by atoms with E-state index in [0.29, 0.717) is 6.42 Å². The third kappa shape index (κ3) is 2.14. The van der Waals surface area contributed by atoms with Crippen LogP contribution in [0.2, 0.25) is 0 Å². The van der Waals surface area contributed by atoms with Crippen molar-refractivity contribution in [1.82, 2.24) is 0 Å². The van der Waals surface area contributed by atoms with Crippen LogP contribution in [-0.4, -0.2) is 12.9 Å². The van der Waals surface area contributed by atoms with Gasteiger partial charge in [0.2, 0.25) is 0 Å². The molecule has 1 fully saturated rings. The Bertz CT molecular complexity index is 181. The van der Waals surface area contributed by atoms with Crippen molar-refractivity contribution in [3.8, 4) is 0 Å². The van der Waals surface area contributed by atoms with Crippen molar-refractivity contribution in [2.45, 2.75) is 19.6 Å². The number of rotatable bonds is 4. The van der Waals surface area contributed by atoms with Gasteiger partial charge in [0.05, 0.1) is 6.61 Å². The van der Waals surface area contributed by atoms with Crippen molar-refractivity contribution in [3.05, 3.63) is 12.7 Å². The standard InChI is InChI=1S/C6H11O4P/c1-3-5-8-11(7)9-6(4-2)10-11/h3,6H,1,4-5H2,2H3. The molecule has 0 aromatic rings. The molecule has 1 heterocycles. The molecule has 0 aromatic heterocycles. The van der Waals surface area contributed by atoms with Crippen molar-refractivity contribution >= 4 is 7.82 Å². The van der Waals surface area contributed by atoms with Crippen LogP contribution in [0.5, 0.6) is 0 Å². The molecule has 0 aromatic carbocycles. The van der Waals surface area contributed by atoms with Crippen molar-refractivity contribution in [3.63, 3.8) is 0 Å². The summed E-state index contributed by atoms with van der Waals surface area (Å²) in [6, 6.07) is 0. The number of phosphoric ester groups is 1. The Labute approximate surface area is 65.8 Å². The minimum Gasteiger partial charge on any atom is -0.283 e. The average Bonchev–Trinajstić information content (AvgIpc) is 1.95. The summed E-state index contributed by atoms with van der Waals surface area (Å²) in [5.74, 6) is 0. The van der Waals surface area contributed by atoms with Gasteiger partial charge in [0.15, 0.2) is 6.29 Å².